The highest BCUT2D eigenvalue weighted by Crippen LogP contribution is 2.40. The maximum absolute atomic E-state index is 12.3. The van der Waals surface area contributed by atoms with Crippen molar-refractivity contribution in [3.8, 4) is 11.5 Å². The lowest BCUT2D eigenvalue weighted by molar-refractivity contribution is -0.128. The molecule has 1 saturated heterocycles. The van der Waals surface area contributed by atoms with Gasteiger partial charge < -0.3 is 14.4 Å². The van der Waals surface area contributed by atoms with Crippen LogP contribution in [0.4, 0.5) is 0 Å². The molecule has 4 nitrogen and oxygen atoms in total. The Hall–Kier alpha value is -1.68. The molecule has 0 aliphatic carbocycles. The summed E-state index contributed by atoms with van der Waals surface area (Å²) in [5, 5.41) is 0.502. The number of carbonyl (C=O) groups is 1. The van der Waals surface area contributed by atoms with E-state index in [1.807, 2.05) is 11.0 Å². The molecule has 1 aromatic carbocycles. The minimum Gasteiger partial charge on any atom is -0.454 e. The topological polar surface area (TPSA) is 38.8 Å². The molecule has 1 aromatic rings. The molecular weight excluding hydrogens is 302 g/mol. The maximum atomic E-state index is 12.3. The van der Waals surface area contributed by atoms with Gasteiger partial charge in [0.2, 0.25) is 12.7 Å². The third-order valence-corrected chi connectivity index (χ3v) is 4.33. The van der Waals surface area contributed by atoms with E-state index in [1.54, 1.807) is 18.2 Å². The summed E-state index contributed by atoms with van der Waals surface area (Å²) in [6, 6.07) is 3.61. The number of likely N-dealkylation sites (tertiary alicyclic amines) is 1. The van der Waals surface area contributed by atoms with Crippen LogP contribution in [0.25, 0.3) is 6.08 Å². The Labute approximate surface area is 135 Å². The molecule has 1 fully saturated rings. The van der Waals surface area contributed by atoms with E-state index in [4.69, 9.17) is 21.1 Å². The molecule has 2 aliphatic rings. The molecule has 0 N–H and O–H groups in total. The number of ether oxygens (including phenoxy) is 2. The molecule has 0 spiro atoms. The molecule has 2 heterocycles. The molecule has 118 valence electrons. The van der Waals surface area contributed by atoms with Crippen LogP contribution in [0, 0.1) is 11.8 Å². The van der Waals surface area contributed by atoms with Crippen LogP contribution in [-0.2, 0) is 4.79 Å². The smallest absolute Gasteiger partial charge is 0.246 e. The Morgan fingerprint density at radius 1 is 1.27 bits per heavy atom. The molecule has 22 heavy (non-hydrogen) atoms. The second-order valence-corrected chi connectivity index (χ2v) is 6.67. The second-order valence-electron chi connectivity index (χ2n) is 6.26. The summed E-state index contributed by atoms with van der Waals surface area (Å²) in [4.78, 5) is 14.3. The van der Waals surface area contributed by atoms with Crippen LogP contribution in [-0.4, -0.2) is 30.7 Å². The summed E-state index contributed by atoms with van der Waals surface area (Å²) >= 11 is 6.14. The number of fused-ring (bicyclic) bond motifs is 1. The molecular formula is C17H20ClNO3. The van der Waals surface area contributed by atoms with Crippen molar-refractivity contribution < 1.29 is 14.3 Å². The fourth-order valence-electron chi connectivity index (χ4n) is 3.20. The lowest BCUT2D eigenvalue weighted by Gasteiger charge is -2.34. The molecule has 0 aromatic heterocycles. The van der Waals surface area contributed by atoms with Crippen molar-refractivity contribution in [2.45, 2.75) is 20.3 Å². The summed E-state index contributed by atoms with van der Waals surface area (Å²) in [6.07, 6.45) is 4.57. The zero-order valence-corrected chi connectivity index (χ0v) is 13.6. The van der Waals surface area contributed by atoms with Crippen LogP contribution in [0.15, 0.2) is 18.2 Å². The highest BCUT2D eigenvalue weighted by atomic mass is 35.5. The Morgan fingerprint density at radius 2 is 2.00 bits per heavy atom. The highest BCUT2D eigenvalue weighted by molar-refractivity contribution is 6.32. The summed E-state index contributed by atoms with van der Waals surface area (Å²) in [7, 11) is 0. The fourth-order valence-corrected chi connectivity index (χ4v) is 3.47. The Kier molecular flexibility index (Phi) is 4.30. The molecule has 5 heteroatoms. The molecule has 1 amide bonds. The fraction of sp³-hybridized carbons (Fsp3) is 0.471. The summed E-state index contributed by atoms with van der Waals surface area (Å²) < 4.78 is 10.6. The maximum Gasteiger partial charge on any atom is 0.246 e. The minimum atomic E-state index is 0.0483. The van der Waals surface area contributed by atoms with Gasteiger partial charge in [0, 0.05) is 19.2 Å². The van der Waals surface area contributed by atoms with Crippen LogP contribution in [0.2, 0.25) is 5.02 Å². The molecule has 0 bridgehead atoms. The zero-order chi connectivity index (χ0) is 15.7. The van der Waals surface area contributed by atoms with Crippen LogP contribution in [0.3, 0.4) is 0 Å². The van der Waals surface area contributed by atoms with Crippen molar-refractivity contribution in [2.75, 3.05) is 19.9 Å². The number of amides is 1. The van der Waals surface area contributed by atoms with Gasteiger partial charge in [0.25, 0.3) is 0 Å². The predicted octanol–water partition coefficient (Wildman–Crippen LogP) is 3.59. The van der Waals surface area contributed by atoms with Gasteiger partial charge in [0.1, 0.15) is 0 Å². The van der Waals surface area contributed by atoms with Gasteiger partial charge in [-0.15, -0.1) is 0 Å². The Balaban J connectivity index is 1.71. The third kappa shape index (κ3) is 3.22. The number of piperidine rings is 1. The monoisotopic (exact) mass is 321 g/mol. The van der Waals surface area contributed by atoms with Gasteiger partial charge in [0.15, 0.2) is 11.5 Å². The molecule has 0 saturated carbocycles. The number of hydrogen-bond acceptors (Lipinski definition) is 3. The van der Waals surface area contributed by atoms with E-state index in [1.165, 1.54) is 6.42 Å². The molecule has 2 aliphatic heterocycles. The quantitative estimate of drug-likeness (QED) is 0.781. The average Bonchev–Trinajstić information content (AvgIpc) is 2.92. The van der Waals surface area contributed by atoms with E-state index in [2.05, 4.69) is 13.8 Å². The largest absolute Gasteiger partial charge is 0.454 e. The van der Waals surface area contributed by atoms with Gasteiger partial charge in [-0.05, 0) is 42.0 Å². The van der Waals surface area contributed by atoms with Crippen LogP contribution in [0.5, 0.6) is 11.5 Å². The summed E-state index contributed by atoms with van der Waals surface area (Å²) in [6.45, 7) is 6.23. The normalized spacial score (nSPS) is 24.0. The molecule has 3 rings (SSSR count). The van der Waals surface area contributed by atoms with Gasteiger partial charge in [0.05, 0.1) is 5.02 Å². The van der Waals surface area contributed by atoms with Gasteiger partial charge in [-0.1, -0.05) is 25.4 Å². The standard InChI is InChI=1S/C17H20ClNO3/c1-11-5-12(2)9-19(8-11)16(20)4-3-13-6-14(18)17-15(7-13)21-10-22-17/h3-4,6-7,11-12H,5,8-10H2,1-2H3/b4-3+. The van der Waals surface area contributed by atoms with Crippen molar-refractivity contribution >= 4 is 23.6 Å². The van der Waals surface area contributed by atoms with Crippen molar-refractivity contribution in [3.05, 3.63) is 28.8 Å². The van der Waals surface area contributed by atoms with Crippen molar-refractivity contribution in [2.24, 2.45) is 11.8 Å². The first-order chi connectivity index (χ1) is 10.5. The predicted molar refractivity (Wildman–Crippen MR) is 86.1 cm³/mol. The zero-order valence-electron chi connectivity index (χ0n) is 12.8. The van der Waals surface area contributed by atoms with Crippen molar-refractivity contribution in [1.82, 2.24) is 4.90 Å². The molecule has 0 radical (unpaired) electrons. The van der Waals surface area contributed by atoms with Crippen LogP contribution in [0.1, 0.15) is 25.8 Å². The molecule has 2 atom stereocenters. The number of benzene rings is 1. The summed E-state index contributed by atoms with van der Waals surface area (Å²) in [5.41, 5.74) is 0.834. The van der Waals surface area contributed by atoms with E-state index in [-0.39, 0.29) is 12.7 Å². The first kappa shape index (κ1) is 15.2. The van der Waals surface area contributed by atoms with E-state index >= 15 is 0 Å². The van der Waals surface area contributed by atoms with Gasteiger partial charge in [-0.25, -0.2) is 0 Å². The Morgan fingerprint density at radius 3 is 2.73 bits per heavy atom. The lowest BCUT2D eigenvalue weighted by atomic mass is 9.92. The average molecular weight is 322 g/mol. The first-order valence-electron chi connectivity index (χ1n) is 7.59. The molecule has 2 unspecified atom stereocenters. The van der Waals surface area contributed by atoms with Crippen LogP contribution >= 0.6 is 11.6 Å². The second kappa shape index (κ2) is 6.21. The van der Waals surface area contributed by atoms with E-state index in [0.717, 1.165) is 18.7 Å². The van der Waals surface area contributed by atoms with E-state index in [9.17, 15) is 4.79 Å². The van der Waals surface area contributed by atoms with E-state index < -0.39 is 0 Å². The van der Waals surface area contributed by atoms with Crippen molar-refractivity contribution in [1.29, 1.82) is 0 Å². The van der Waals surface area contributed by atoms with Gasteiger partial charge in [-0.2, -0.15) is 0 Å². The number of halogens is 1. The lowest BCUT2D eigenvalue weighted by Crippen LogP contribution is -2.41. The van der Waals surface area contributed by atoms with Crippen molar-refractivity contribution in [3.63, 3.8) is 0 Å². The first-order valence-corrected chi connectivity index (χ1v) is 7.97. The number of nitrogens with zero attached hydrogens (tertiary/aromatic N) is 1. The number of rotatable bonds is 2. The minimum absolute atomic E-state index is 0.0483. The number of carbonyl (C=O) groups excluding carboxylic acids is 1. The number of hydrogen-bond donors (Lipinski definition) is 0. The third-order valence-electron chi connectivity index (χ3n) is 4.05. The van der Waals surface area contributed by atoms with Crippen LogP contribution < -0.4 is 9.47 Å². The Bertz CT molecular complexity index is 604. The van der Waals surface area contributed by atoms with Gasteiger partial charge in [-0.3, -0.25) is 4.79 Å². The van der Waals surface area contributed by atoms with E-state index in [0.29, 0.717) is 28.4 Å². The van der Waals surface area contributed by atoms with Gasteiger partial charge >= 0.3 is 0 Å². The SMILES string of the molecule is CC1CC(C)CN(C(=O)/C=C/c2cc(Cl)c3c(c2)OCO3)C1. The highest BCUT2D eigenvalue weighted by Gasteiger charge is 2.24. The summed E-state index contributed by atoms with van der Waals surface area (Å²) in [5.74, 6) is 2.36.